The number of fused-ring (bicyclic) bond motifs is 1. The number of halogens is 1. The van der Waals surface area contributed by atoms with Crippen molar-refractivity contribution in [1.29, 1.82) is 0 Å². The quantitative estimate of drug-likeness (QED) is 0.779. The lowest BCUT2D eigenvalue weighted by molar-refractivity contribution is -0.121. The number of hydrogen-bond donors (Lipinski definition) is 2. The Morgan fingerprint density at radius 1 is 0.967 bits per heavy atom. The molecule has 0 atom stereocenters. The van der Waals surface area contributed by atoms with E-state index in [-0.39, 0.29) is 19.0 Å². The molecule has 0 aromatic heterocycles. The monoisotopic (exact) mass is 414 g/mol. The molecular weight excluding hydrogens is 391 g/mol. The van der Waals surface area contributed by atoms with Crippen LogP contribution in [-0.2, 0) is 11.3 Å². The highest BCUT2D eigenvalue weighted by molar-refractivity contribution is 6.01. The standard InChI is InChI=1S/C21H23FN4O4/c22-16-3-1-2-4-17(16)23-21(28)24-20(27)13-26-9-7-25(8-10-26)12-15-5-6-18-19(11-15)30-14-29-18/h1-6,11H,7-10,12-14H2,(H2,23,24,27,28). The molecule has 2 aromatic rings. The maximum absolute atomic E-state index is 13.6. The van der Waals surface area contributed by atoms with Gasteiger partial charge in [0.1, 0.15) is 5.82 Å². The molecule has 0 unspecified atom stereocenters. The zero-order chi connectivity index (χ0) is 20.9. The van der Waals surface area contributed by atoms with Crippen LogP contribution in [0.25, 0.3) is 0 Å². The molecule has 3 amide bonds. The molecule has 9 heteroatoms. The predicted octanol–water partition coefficient (Wildman–Crippen LogP) is 2.02. The molecule has 1 saturated heterocycles. The summed E-state index contributed by atoms with van der Waals surface area (Å²) in [6, 6.07) is 11.0. The Balaban J connectivity index is 1.19. The molecule has 0 spiro atoms. The third-order valence-corrected chi connectivity index (χ3v) is 5.05. The third-order valence-electron chi connectivity index (χ3n) is 5.05. The number of ether oxygens (including phenoxy) is 2. The van der Waals surface area contributed by atoms with E-state index < -0.39 is 17.8 Å². The number of imide groups is 1. The van der Waals surface area contributed by atoms with Gasteiger partial charge < -0.3 is 14.8 Å². The molecular formula is C21H23FN4O4. The molecule has 0 radical (unpaired) electrons. The molecule has 0 saturated carbocycles. The van der Waals surface area contributed by atoms with Crippen molar-refractivity contribution >= 4 is 17.6 Å². The van der Waals surface area contributed by atoms with E-state index in [1.54, 1.807) is 6.07 Å². The second kappa shape index (κ2) is 9.10. The van der Waals surface area contributed by atoms with Crippen molar-refractivity contribution in [2.75, 3.05) is 44.8 Å². The number of para-hydroxylation sites is 1. The Morgan fingerprint density at radius 2 is 1.70 bits per heavy atom. The number of piperazine rings is 1. The zero-order valence-corrected chi connectivity index (χ0v) is 16.4. The van der Waals surface area contributed by atoms with Crippen LogP contribution in [0, 0.1) is 5.82 Å². The smallest absolute Gasteiger partial charge is 0.326 e. The van der Waals surface area contributed by atoms with Crippen LogP contribution in [0.2, 0.25) is 0 Å². The van der Waals surface area contributed by atoms with Gasteiger partial charge in [-0.25, -0.2) is 9.18 Å². The van der Waals surface area contributed by atoms with Crippen molar-refractivity contribution in [2.45, 2.75) is 6.54 Å². The number of amides is 3. The Morgan fingerprint density at radius 3 is 2.50 bits per heavy atom. The van der Waals surface area contributed by atoms with Crippen molar-refractivity contribution in [3.63, 3.8) is 0 Å². The fraction of sp³-hybridized carbons (Fsp3) is 0.333. The molecule has 0 bridgehead atoms. The van der Waals surface area contributed by atoms with Gasteiger partial charge in [-0.3, -0.25) is 19.9 Å². The molecule has 8 nitrogen and oxygen atoms in total. The summed E-state index contributed by atoms with van der Waals surface area (Å²) < 4.78 is 24.3. The number of carbonyl (C=O) groups excluding carboxylic acids is 2. The van der Waals surface area contributed by atoms with Gasteiger partial charge >= 0.3 is 6.03 Å². The summed E-state index contributed by atoms with van der Waals surface area (Å²) in [5, 5.41) is 4.58. The lowest BCUT2D eigenvalue weighted by Crippen LogP contribution is -2.50. The molecule has 4 rings (SSSR count). The van der Waals surface area contributed by atoms with Gasteiger partial charge in [0.05, 0.1) is 12.2 Å². The minimum absolute atomic E-state index is 0.0277. The second-order valence-electron chi connectivity index (χ2n) is 7.22. The van der Waals surface area contributed by atoms with Gasteiger partial charge in [-0.15, -0.1) is 0 Å². The number of hydrogen-bond acceptors (Lipinski definition) is 6. The molecule has 2 N–H and O–H groups in total. The van der Waals surface area contributed by atoms with Crippen LogP contribution in [0.4, 0.5) is 14.9 Å². The fourth-order valence-electron chi connectivity index (χ4n) is 3.49. The summed E-state index contributed by atoms with van der Waals surface area (Å²) in [5.74, 6) is 0.567. The van der Waals surface area contributed by atoms with Crippen LogP contribution in [0.5, 0.6) is 11.5 Å². The summed E-state index contributed by atoms with van der Waals surface area (Å²) in [4.78, 5) is 28.3. The first-order valence-electron chi connectivity index (χ1n) is 9.75. The average molecular weight is 414 g/mol. The van der Waals surface area contributed by atoms with Gasteiger partial charge in [-0.2, -0.15) is 0 Å². The van der Waals surface area contributed by atoms with Crippen molar-refractivity contribution < 1.29 is 23.5 Å². The number of nitrogens with zero attached hydrogens (tertiary/aromatic N) is 2. The largest absolute Gasteiger partial charge is 0.454 e. The van der Waals surface area contributed by atoms with Gasteiger partial charge in [0.25, 0.3) is 0 Å². The number of rotatable bonds is 5. The highest BCUT2D eigenvalue weighted by Crippen LogP contribution is 2.32. The first-order valence-corrected chi connectivity index (χ1v) is 9.75. The molecule has 2 heterocycles. The van der Waals surface area contributed by atoms with Crippen LogP contribution < -0.4 is 20.1 Å². The SMILES string of the molecule is O=C(CN1CCN(Cc2ccc3c(c2)OCO3)CC1)NC(=O)Nc1ccccc1F. The summed E-state index contributed by atoms with van der Waals surface area (Å²) in [5.41, 5.74) is 1.18. The summed E-state index contributed by atoms with van der Waals surface area (Å²) in [7, 11) is 0. The molecule has 2 aliphatic heterocycles. The number of benzene rings is 2. The normalized spacial score (nSPS) is 16.3. The molecule has 0 aliphatic carbocycles. The molecule has 158 valence electrons. The molecule has 2 aliphatic rings. The third kappa shape index (κ3) is 5.05. The van der Waals surface area contributed by atoms with E-state index in [0.717, 1.165) is 36.7 Å². The van der Waals surface area contributed by atoms with Crippen molar-refractivity contribution in [1.82, 2.24) is 15.1 Å². The fourth-order valence-corrected chi connectivity index (χ4v) is 3.49. The summed E-state index contributed by atoms with van der Waals surface area (Å²) >= 11 is 0. The van der Waals surface area contributed by atoms with Crippen LogP contribution in [0.15, 0.2) is 42.5 Å². The summed E-state index contributed by atoms with van der Waals surface area (Å²) in [6.45, 7) is 4.22. The van der Waals surface area contributed by atoms with Crippen LogP contribution in [0.3, 0.4) is 0 Å². The first-order chi connectivity index (χ1) is 14.6. The van der Waals surface area contributed by atoms with Crippen molar-refractivity contribution in [3.8, 4) is 11.5 Å². The van der Waals surface area contributed by atoms with Gasteiger partial charge in [0.2, 0.25) is 12.7 Å². The van der Waals surface area contributed by atoms with E-state index >= 15 is 0 Å². The number of nitrogens with one attached hydrogen (secondary N) is 2. The maximum Gasteiger partial charge on any atom is 0.326 e. The number of anilines is 1. The Hall–Kier alpha value is -3.17. The van der Waals surface area contributed by atoms with E-state index in [0.29, 0.717) is 13.1 Å². The highest BCUT2D eigenvalue weighted by atomic mass is 19.1. The maximum atomic E-state index is 13.6. The number of carbonyl (C=O) groups is 2. The topological polar surface area (TPSA) is 83.1 Å². The van der Waals surface area contributed by atoms with Crippen LogP contribution in [0.1, 0.15) is 5.56 Å². The van der Waals surface area contributed by atoms with Gasteiger partial charge in [0, 0.05) is 32.7 Å². The Kier molecular flexibility index (Phi) is 6.10. The second-order valence-corrected chi connectivity index (χ2v) is 7.22. The molecule has 30 heavy (non-hydrogen) atoms. The van der Waals surface area contributed by atoms with Crippen LogP contribution >= 0.6 is 0 Å². The number of urea groups is 1. The summed E-state index contributed by atoms with van der Waals surface area (Å²) in [6.07, 6.45) is 0. The van der Waals surface area contributed by atoms with E-state index in [2.05, 4.69) is 15.5 Å². The highest BCUT2D eigenvalue weighted by Gasteiger charge is 2.21. The molecule has 2 aromatic carbocycles. The van der Waals surface area contributed by atoms with Crippen LogP contribution in [-0.4, -0.2) is 61.3 Å². The van der Waals surface area contributed by atoms with E-state index in [1.165, 1.54) is 18.2 Å². The van der Waals surface area contributed by atoms with Gasteiger partial charge in [0.15, 0.2) is 11.5 Å². The van der Waals surface area contributed by atoms with E-state index in [4.69, 9.17) is 9.47 Å². The molecule has 1 fully saturated rings. The van der Waals surface area contributed by atoms with Crippen molar-refractivity contribution in [3.05, 3.63) is 53.8 Å². The van der Waals surface area contributed by atoms with Gasteiger partial charge in [-0.1, -0.05) is 18.2 Å². The first kappa shape index (κ1) is 20.1. The van der Waals surface area contributed by atoms with E-state index in [9.17, 15) is 14.0 Å². The Bertz CT molecular complexity index is 931. The lowest BCUT2D eigenvalue weighted by Gasteiger charge is -2.34. The zero-order valence-electron chi connectivity index (χ0n) is 16.4. The predicted molar refractivity (Wildman–Crippen MR) is 108 cm³/mol. The lowest BCUT2D eigenvalue weighted by atomic mass is 10.1. The average Bonchev–Trinajstić information content (AvgIpc) is 3.19. The van der Waals surface area contributed by atoms with Crippen molar-refractivity contribution in [2.24, 2.45) is 0 Å². The Labute approximate surface area is 173 Å². The van der Waals surface area contributed by atoms with E-state index in [1.807, 2.05) is 23.1 Å². The van der Waals surface area contributed by atoms with Gasteiger partial charge in [-0.05, 0) is 29.8 Å². The minimum Gasteiger partial charge on any atom is -0.454 e. The minimum atomic E-state index is -0.744.